The monoisotopic (exact) mass is 436 g/mol. The van der Waals surface area contributed by atoms with Crippen LogP contribution < -0.4 is 0 Å². The molecule has 1 amide bonds. The molecule has 3 aliphatic rings. The van der Waals surface area contributed by atoms with Gasteiger partial charge in [-0.25, -0.2) is 4.79 Å². The Hall–Kier alpha value is -3.47. The first-order valence-corrected chi connectivity index (χ1v) is 10.7. The van der Waals surface area contributed by atoms with E-state index in [1.54, 1.807) is 11.8 Å². The van der Waals surface area contributed by atoms with Crippen LogP contribution in [0.15, 0.2) is 42.0 Å². The molecule has 166 valence electrons. The molecule has 0 aromatic carbocycles. The molecule has 32 heavy (non-hydrogen) atoms. The van der Waals surface area contributed by atoms with Crippen LogP contribution in [-0.2, 0) is 20.7 Å². The van der Waals surface area contributed by atoms with E-state index in [0.717, 1.165) is 38.0 Å². The molecule has 2 aromatic rings. The minimum absolute atomic E-state index is 0.0431. The highest BCUT2D eigenvalue weighted by molar-refractivity contribution is 5.95. The number of aromatic nitrogens is 6. The topological polar surface area (TPSA) is 119 Å². The maximum Gasteiger partial charge on any atom is 0.336 e. The second-order valence-corrected chi connectivity index (χ2v) is 8.52. The highest BCUT2D eigenvalue weighted by Crippen LogP contribution is 2.41. The first-order valence-electron chi connectivity index (χ1n) is 10.7. The van der Waals surface area contributed by atoms with Crippen molar-refractivity contribution < 1.29 is 14.3 Å². The molecule has 0 unspecified atom stereocenters. The molecule has 1 fully saturated rings. The van der Waals surface area contributed by atoms with Crippen molar-refractivity contribution in [3.05, 3.63) is 47.7 Å². The number of carbonyl (C=O) groups excluding carboxylic acids is 2. The van der Waals surface area contributed by atoms with E-state index in [0.29, 0.717) is 17.1 Å². The Kier molecular flexibility index (Phi) is 5.04. The minimum atomic E-state index is -0.498. The van der Waals surface area contributed by atoms with Gasteiger partial charge in [-0.15, -0.1) is 10.2 Å². The Balaban J connectivity index is 1.19. The van der Waals surface area contributed by atoms with E-state index in [4.69, 9.17) is 4.74 Å². The van der Waals surface area contributed by atoms with Crippen LogP contribution in [0.2, 0.25) is 0 Å². The number of ether oxygens (including phenoxy) is 1. The zero-order valence-electron chi connectivity index (χ0n) is 18.0. The standard InChI is InChI=1S/C21H24N8O3/c1-14(11-16-3-4-18(24-23-16)29-13-22-25-26-29)27-8-5-21(6-9-27)7-10-28(20(21)31)17-12-32-19(30)15(17)2/h3-4,7,10,13-14H,5-6,8-9,11-12H2,1-2H3/t14-/m1/s1. The van der Waals surface area contributed by atoms with Gasteiger partial charge in [0.1, 0.15) is 12.9 Å². The van der Waals surface area contributed by atoms with Crippen LogP contribution in [0.1, 0.15) is 32.4 Å². The molecular formula is C21H24N8O3. The molecular weight excluding hydrogens is 412 g/mol. The first kappa shape index (κ1) is 20.4. The first-order chi connectivity index (χ1) is 15.5. The van der Waals surface area contributed by atoms with Crippen molar-refractivity contribution in [3.8, 4) is 5.82 Å². The van der Waals surface area contributed by atoms with E-state index >= 15 is 0 Å². The lowest BCUT2D eigenvalue weighted by Crippen LogP contribution is -2.48. The van der Waals surface area contributed by atoms with Gasteiger partial charge in [-0.2, -0.15) is 9.78 Å². The van der Waals surface area contributed by atoms with Crippen LogP contribution in [0.5, 0.6) is 0 Å². The third-order valence-corrected chi connectivity index (χ3v) is 6.66. The van der Waals surface area contributed by atoms with Crippen LogP contribution in [0.4, 0.5) is 0 Å². The predicted molar refractivity (Wildman–Crippen MR) is 111 cm³/mol. The van der Waals surface area contributed by atoms with Gasteiger partial charge in [0.05, 0.1) is 22.4 Å². The van der Waals surface area contributed by atoms with Gasteiger partial charge in [0.2, 0.25) is 5.91 Å². The lowest BCUT2D eigenvalue weighted by molar-refractivity contribution is -0.138. The normalized spacial score (nSPS) is 21.6. The smallest absolute Gasteiger partial charge is 0.336 e. The Morgan fingerprint density at radius 3 is 2.62 bits per heavy atom. The van der Waals surface area contributed by atoms with Gasteiger partial charge in [-0.1, -0.05) is 6.08 Å². The highest BCUT2D eigenvalue weighted by atomic mass is 16.5. The zero-order valence-corrected chi connectivity index (χ0v) is 18.0. The summed E-state index contributed by atoms with van der Waals surface area (Å²) in [6.07, 6.45) is 7.54. The van der Waals surface area contributed by atoms with E-state index in [1.807, 2.05) is 24.4 Å². The number of hydrogen-bond acceptors (Lipinski definition) is 9. The number of likely N-dealkylation sites (tertiary alicyclic amines) is 1. The van der Waals surface area contributed by atoms with Crippen molar-refractivity contribution >= 4 is 11.9 Å². The van der Waals surface area contributed by atoms with Crippen LogP contribution in [0.25, 0.3) is 5.82 Å². The van der Waals surface area contributed by atoms with Crippen molar-refractivity contribution in [2.24, 2.45) is 5.41 Å². The predicted octanol–water partition coefficient (Wildman–Crippen LogP) is 0.652. The van der Waals surface area contributed by atoms with Crippen LogP contribution in [-0.4, -0.2) is 77.8 Å². The molecule has 0 aliphatic carbocycles. The van der Waals surface area contributed by atoms with Crippen molar-refractivity contribution in [2.75, 3.05) is 19.7 Å². The number of piperidine rings is 1. The Morgan fingerprint density at radius 1 is 1.19 bits per heavy atom. The SMILES string of the molecule is CC1=C(N2C=CC3(CCN([C@H](C)Cc4ccc(-n5cnnn5)nn4)CC3)C2=O)COC1=O. The summed E-state index contributed by atoms with van der Waals surface area (Å²) < 4.78 is 6.54. The molecule has 11 heteroatoms. The summed E-state index contributed by atoms with van der Waals surface area (Å²) in [4.78, 5) is 28.9. The summed E-state index contributed by atoms with van der Waals surface area (Å²) in [5.41, 5.74) is 1.57. The second kappa shape index (κ2) is 7.90. The minimum Gasteiger partial charge on any atom is -0.456 e. The number of cyclic esters (lactones) is 1. The summed E-state index contributed by atoms with van der Waals surface area (Å²) in [5.74, 6) is 0.267. The average molecular weight is 436 g/mol. The number of nitrogens with zero attached hydrogens (tertiary/aromatic N) is 8. The van der Waals surface area contributed by atoms with E-state index in [2.05, 4.69) is 37.5 Å². The summed E-state index contributed by atoms with van der Waals surface area (Å²) in [5, 5.41) is 19.5. The average Bonchev–Trinajstić information content (AvgIpc) is 3.52. The molecule has 5 rings (SSSR count). The second-order valence-electron chi connectivity index (χ2n) is 8.52. The van der Waals surface area contributed by atoms with Crippen LogP contribution in [0.3, 0.4) is 0 Å². The fourth-order valence-electron chi connectivity index (χ4n) is 4.55. The molecule has 0 N–H and O–H groups in total. The van der Waals surface area contributed by atoms with Crippen LogP contribution >= 0.6 is 0 Å². The van der Waals surface area contributed by atoms with Gasteiger partial charge in [-0.3, -0.25) is 9.69 Å². The number of amides is 1. The third-order valence-electron chi connectivity index (χ3n) is 6.66. The van der Waals surface area contributed by atoms with Gasteiger partial charge >= 0.3 is 5.97 Å². The summed E-state index contributed by atoms with van der Waals surface area (Å²) >= 11 is 0. The number of carbonyl (C=O) groups is 2. The van der Waals surface area contributed by atoms with Gasteiger partial charge in [-0.05, 0) is 62.3 Å². The Morgan fingerprint density at radius 2 is 2.00 bits per heavy atom. The van der Waals surface area contributed by atoms with E-state index in [1.165, 1.54) is 11.0 Å². The van der Waals surface area contributed by atoms with Gasteiger partial charge < -0.3 is 9.64 Å². The van der Waals surface area contributed by atoms with Crippen molar-refractivity contribution in [1.29, 1.82) is 0 Å². The van der Waals surface area contributed by atoms with Gasteiger partial charge in [0, 0.05) is 18.7 Å². The molecule has 11 nitrogen and oxygen atoms in total. The summed E-state index contributed by atoms with van der Waals surface area (Å²) in [6, 6.07) is 4.05. The molecule has 0 saturated carbocycles. The Labute approximate surface area is 184 Å². The van der Waals surface area contributed by atoms with E-state index in [9.17, 15) is 9.59 Å². The molecule has 1 saturated heterocycles. The van der Waals surface area contributed by atoms with E-state index in [-0.39, 0.29) is 24.5 Å². The molecule has 1 spiro atoms. The highest BCUT2D eigenvalue weighted by Gasteiger charge is 2.47. The molecule has 0 radical (unpaired) electrons. The fraction of sp³-hybridized carbons (Fsp3) is 0.476. The summed E-state index contributed by atoms with van der Waals surface area (Å²) in [6.45, 7) is 5.67. The molecule has 5 heterocycles. The summed E-state index contributed by atoms with van der Waals surface area (Å²) in [7, 11) is 0. The van der Waals surface area contributed by atoms with Crippen molar-refractivity contribution in [1.82, 2.24) is 40.2 Å². The number of esters is 1. The van der Waals surface area contributed by atoms with Crippen molar-refractivity contribution in [3.63, 3.8) is 0 Å². The molecule has 2 aromatic heterocycles. The quantitative estimate of drug-likeness (QED) is 0.622. The maximum atomic E-state index is 13.2. The lowest BCUT2D eigenvalue weighted by atomic mass is 9.78. The number of hydrogen-bond donors (Lipinski definition) is 0. The molecule has 0 bridgehead atoms. The van der Waals surface area contributed by atoms with Crippen LogP contribution in [0, 0.1) is 5.41 Å². The zero-order chi connectivity index (χ0) is 22.3. The fourth-order valence-corrected chi connectivity index (χ4v) is 4.55. The Bertz CT molecular complexity index is 1080. The van der Waals surface area contributed by atoms with Crippen molar-refractivity contribution in [2.45, 2.75) is 39.2 Å². The lowest BCUT2D eigenvalue weighted by Gasteiger charge is -2.40. The number of tetrazole rings is 1. The maximum absolute atomic E-state index is 13.2. The third kappa shape index (κ3) is 3.48. The van der Waals surface area contributed by atoms with E-state index < -0.39 is 5.41 Å². The molecule has 1 atom stereocenters. The molecule has 3 aliphatic heterocycles. The largest absolute Gasteiger partial charge is 0.456 e. The van der Waals surface area contributed by atoms with Gasteiger partial charge in [0.25, 0.3) is 0 Å². The van der Waals surface area contributed by atoms with Gasteiger partial charge in [0.15, 0.2) is 5.82 Å². The number of rotatable bonds is 5.